The molecule has 1 aliphatic heterocycles. The van der Waals surface area contributed by atoms with Crippen molar-refractivity contribution in [3.63, 3.8) is 0 Å². The third-order valence-electron chi connectivity index (χ3n) is 5.12. The van der Waals surface area contributed by atoms with Gasteiger partial charge in [-0.3, -0.25) is 14.4 Å². The lowest BCUT2D eigenvalue weighted by molar-refractivity contribution is -0.151. The molecule has 0 unspecified atom stereocenters. The average Bonchev–Trinajstić information content (AvgIpc) is 3.18. The van der Waals surface area contributed by atoms with Gasteiger partial charge >= 0.3 is 5.97 Å². The number of hydrogen-bond donors (Lipinski definition) is 0. The Morgan fingerprint density at radius 1 is 1.10 bits per heavy atom. The second kappa shape index (κ2) is 9.43. The fraction of sp³-hybridized carbons (Fsp3) is 0.348. The summed E-state index contributed by atoms with van der Waals surface area (Å²) < 4.78 is 16.1. The summed E-state index contributed by atoms with van der Waals surface area (Å²) in [7, 11) is 3.05. The van der Waals surface area contributed by atoms with Crippen molar-refractivity contribution in [1.29, 1.82) is 0 Å². The number of methoxy groups -OCH3 is 2. The summed E-state index contributed by atoms with van der Waals surface area (Å²) in [5.41, 5.74) is 1.02. The van der Waals surface area contributed by atoms with Gasteiger partial charge in [-0.05, 0) is 18.6 Å². The molecule has 0 saturated carbocycles. The molecule has 0 aliphatic carbocycles. The molecule has 2 aromatic carbocycles. The van der Waals surface area contributed by atoms with Crippen LogP contribution in [0.1, 0.15) is 30.1 Å². The number of carbonyl (C=O) groups is 3. The van der Waals surface area contributed by atoms with Gasteiger partial charge in [-0.15, -0.1) is 0 Å². The Labute approximate surface area is 175 Å². The highest BCUT2D eigenvalue weighted by Gasteiger charge is 2.38. The number of ether oxygens (including phenoxy) is 3. The van der Waals surface area contributed by atoms with Crippen molar-refractivity contribution in [3.8, 4) is 11.5 Å². The Balaban J connectivity index is 1.73. The van der Waals surface area contributed by atoms with Crippen LogP contribution in [0, 0.1) is 5.92 Å². The van der Waals surface area contributed by atoms with Crippen LogP contribution in [0.3, 0.4) is 0 Å². The Hall–Kier alpha value is -3.35. The first kappa shape index (κ1) is 21.4. The van der Waals surface area contributed by atoms with Gasteiger partial charge in [0.1, 0.15) is 11.5 Å². The van der Waals surface area contributed by atoms with E-state index in [1.807, 2.05) is 6.07 Å². The smallest absolute Gasteiger partial charge is 0.312 e. The molecule has 1 aliphatic rings. The number of hydrogen-bond acceptors (Lipinski definition) is 6. The maximum Gasteiger partial charge on any atom is 0.312 e. The van der Waals surface area contributed by atoms with E-state index < -0.39 is 18.0 Å². The van der Waals surface area contributed by atoms with Crippen LogP contribution in [0.25, 0.3) is 0 Å². The molecule has 1 saturated heterocycles. The fourth-order valence-corrected chi connectivity index (χ4v) is 3.45. The molecule has 0 bridgehead atoms. The van der Waals surface area contributed by atoms with Crippen LogP contribution in [-0.2, 0) is 14.3 Å². The number of nitrogens with zero attached hydrogens (tertiary/aromatic N) is 1. The van der Waals surface area contributed by atoms with E-state index >= 15 is 0 Å². The molecule has 0 spiro atoms. The molecule has 7 nitrogen and oxygen atoms in total. The Morgan fingerprint density at radius 2 is 1.83 bits per heavy atom. The Kier molecular flexibility index (Phi) is 6.72. The van der Waals surface area contributed by atoms with Crippen molar-refractivity contribution in [3.05, 3.63) is 54.1 Å². The van der Waals surface area contributed by atoms with E-state index in [1.165, 1.54) is 19.1 Å². The van der Waals surface area contributed by atoms with E-state index in [-0.39, 0.29) is 24.7 Å². The predicted molar refractivity (Wildman–Crippen MR) is 111 cm³/mol. The summed E-state index contributed by atoms with van der Waals surface area (Å²) in [5, 5.41) is 0. The number of amides is 1. The van der Waals surface area contributed by atoms with Crippen molar-refractivity contribution in [2.24, 2.45) is 5.92 Å². The van der Waals surface area contributed by atoms with Crippen molar-refractivity contribution < 1.29 is 28.6 Å². The minimum atomic E-state index is -0.879. The number of ketones is 1. The van der Waals surface area contributed by atoms with E-state index in [1.54, 1.807) is 49.4 Å². The first-order valence-electron chi connectivity index (χ1n) is 9.80. The summed E-state index contributed by atoms with van der Waals surface area (Å²) in [6.07, 6.45) is -0.515. The highest BCUT2D eigenvalue weighted by molar-refractivity contribution is 6.02. The normalized spacial score (nSPS) is 16.8. The van der Waals surface area contributed by atoms with Crippen LogP contribution in [0.5, 0.6) is 11.5 Å². The topological polar surface area (TPSA) is 82.1 Å². The summed E-state index contributed by atoms with van der Waals surface area (Å²) in [6.45, 7) is 1.93. The van der Waals surface area contributed by atoms with Crippen molar-refractivity contribution in [2.45, 2.75) is 25.9 Å². The Bertz CT molecular complexity index is 927. The predicted octanol–water partition coefficient (Wildman–Crippen LogP) is 3.26. The summed E-state index contributed by atoms with van der Waals surface area (Å²) in [4.78, 5) is 39.5. The van der Waals surface area contributed by atoms with Gasteiger partial charge < -0.3 is 19.1 Å². The maximum atomic E-state index is 12.7. The Morgan fingerprint density at radius 3 is 2.47 bits per heavy atom. The van der Waals surface area contributed by atoms with Crippen LogP contribution >= 0.6 is 0 Å². The molecular weight excluding hydrogens is 386 g/mol. The molecule has 0 aromatic heterocycles. The van der Waals surface area contributed by atoms with Crippen molar-refractivity contribution in [1.82, 2.24) is 0 Å². The first-order valence-corrected chi connectivity index (χ1v) is 9.80. The van der Waals surface area contributed by atoms with Gasteiger partial charge in [0.25, 0.3) is 0 Å². The number of carbonyl (C=O) groups excluding carboxylic acids is 3. The van der Waals surface area contributed by atoms with Gasteiger partial charge in [0.15, 0.2) is 6.10 Å². The molecule has 30 heavy (non-hydrogen) atoms. The molecule has 7 heteroatoms. The number of Topliss-reactive ketones (excluding diaryl/α,β-unsaturated/α-hetero) is 1. The zero-order valence-corrected chi connectivity index (χ0v) is 17.3. The number of benzene rings is 2. The van der Waals surface area contributed by atoms with E-state index in [0.717, 1.165) is 0 Å². The summed E-state index contributed by atoms with van der Waals surface area (Å²) >= 11 is 0. The van der Waals surface area contributed by atoms with E-state index in [9.17, 15) is 14.4 Å². The molecule has 2 aromatic rings. The molecule has 158 valence electrons. The highest BCUT2D eigenvalue weighted by atomic mass is 16.5. The lowest BCUT2D eigenvalue weighted by atomic mass is 10.0. The molecular formula is C23H25NO6. The summed E-state index contributed by atoms with van der Waals surface area (Å²) in [6, 6.07) is 13.8. The van der Waals surface area contributed by atoms with Crippen LogP contribution in [0.4, 0.5) is 5.69 Å². The quantitative estimate of drug-likeness (QED) is 0.490. The largest absolute Gasteiger partial charge is 0.497 e. The standard InChI is InChI=1S/C23H25NO6/c1-4-19(22(26)15-8-6-5-7-9-15)30-23(27)16-12-21(25)24(14-16)18-13-17(28-2)10-11-20(18)29-3/h5-11,13,16,19H,4,12,14H2,1-3H3/t16-,19+/m0/s1. The third-order valence-corrected chi connectivity index (χ3v) is 5.12. The van der Waals surface area contributed by atoms with Gasteiger partial charge in [0.05, 0.1) is 25.8 Å². The molecule has 1 heterocycles. The van der Waals surface area contributed by atoms with Crippen LogP contribution in [-0.4, -0.2) is 44.5 Å². The minimum Gasteiger partial charge on any atom is -0.497 e. The number of esters is 1. The molecule has 0 radical (unpaired) electrons. The molecule has 1 amide bonds. The third kappa shape index (κ3) is 4.45. The lowest BCUT2D eigenvalue weighted by Crippen LogP contribution is -2.31. The number of anilines is 1. The van der Waals surface area contributed by atoms with E-state index in [0.29, 0.717) is 29.2 Å². The van der Waals surface area contributed by atoms with E-state index in [2.05, 4.69) is 0 Å². The van der Waals surface area contributed by atoms with Gasteiger partial charge in [-0.1, -0.05) is 37.3 Å². The number of rotatable bonds is 8. The first-order chi connectivity index (χ1) is 14.5. The van der Waals surface area contributed by atoms with Gasteiger partial charge in [0, 0.05) is 24.6 Å². The maximum absolute atomic E-state index is 12.7. The second-order valence-corrected chi connectivity index (χ2v) is 7.01. The van der Waals surface area contributed by atoms with Gasteiger partial charge in [0.2, 0.25) is 11.7 Å². The van der Waals surface area contributed by atoms with Crippen LogP contribution in [0.2, 0.25) is 0 Å². The SMILES string of the molecule is CC[C@@H](OC(=O)[C@H]1CC(=O)N(c2cc(OC)ccc2OC)C1)C(=O)c1ccccc1. The lowest BCUT2D eigenvalue weighted by Gasteiger charge is -2.21. The van der Waals surface area contributed by atoms with Gasteiger partial charge in [-0.25, -0.2) is 0 Å². The molecule has 3 rings (SSSR count). The minimum absolute atomic E-state index is 0.00909. The van der Waals surface area contributed by atoms with Crippen molar-refractivity contribution in [2.75, 3.05) is 25.7 Å². The molecule has 2 atom stereocenters. The monoisotopic (exact) mass is 411 g/mol. The van der Waals surface area contributed by atoms with Crippen LogP contribution < -0.4 is 14.4 Å². The molecule has 1 fully saturated rings. The van der Waals surface area contributed by atoms with Crippen molar-refractivity contribution >= 4 is 23.3 Å². The average molecular weight is 411 g/mol. The fourth-order valence-electron chi connectivity index (χ4n) is 3.45. The zero-order valence-electron chi connectivity index (χ0n) is 17.3. The zero-order chi connectivity index (χ0) is 21.7. The summed E-state index contributed by atoms with van der Waals surface area (Å²) in [5.74, 6) is -0.601. The second-order valence-electron chi connectivity index (χ2n) is 7.01. The van der Waals surface area contributed by atoms with Gasteiger partial charge in [-0.2, -0.15) is 0 Å². The highest BCUT2D eigenvalue weighted by Crippen LogP contribution is 2.36. The molecule has 0 N–H and O–H groups in total. The van der Waals surface area contributed by atoms with Crippen LogP contribution in [0.15, 0.2) is 48.5 Å². The van der Waals surface area contributed by atoms with E-state index in [4.69, 9.17) is 14.2 Å².